The van der Waals surface area contributed by atoms with Gasteiger partial charge in [-0.1, -0.05) is 66.7 Å². The van der Waals surface area contributed by atoms with Crippen LogP contribution in [0.3, 0.4) is 0 Å². The fourth-order valence-electron chi connectivity index (χ4n) is 3.60. The number of nitrogens with zero attached hydrogens (tertiary/aromatic N) is 1. The molecule has 0 radical (unpaired) electrons. The zero-order chi connectivity index (χ0) is 16.2. The van der Waals surface area contributed by atoms with Crippen LogP contribution in [0.25, 0.3) is 0 Å². The van der Waals surface area contributed by atoms with Crippen molar-refractivity contribution in [2.24, 2.45) is 0 Å². The van der Waals surface area contributed by atoms with Crippen LogP contribution in [0.5, 0.6) is 0 Å². The van der Waals surface area contributed by atoms with Gasteiger partial charge in [0.25, 0.3) is 0 Å². The predicted molar refractivity (Wildman–Crippen MR) is 102 cm³/mol. The topological polar surface area (TPSA) is 3.01 Å². The van der Waals surface area contributed by atoms with E-state index >= 15 is 0 Å². The van der Waals surface area contributed by atoms with Crippen molar-refractivity contribution in [2.75, 3.05) is 0 Å². The molecular formula is C23H22N+. The Morgan fingerprint density at radius 1 is 0.667 bits per heavy atom. The van der Waals surface area contributed by atoms with Gasteiger partial charge < -0.3 is 0 Å². The van der Waals surface area contributed by atoms with E-state index in [9.17, 15) is 0 Å². The molecule has 24 heavy (non-hydrogen) atoms. The molecule has 1 aliphatic heterocycles. The Balaban J connectivity index is 1.88. The summed E-state index contributed by atoms with van der Waals surface area (Å²) in [5.41, 5.74) is 6.92. The van der Waals surface area contributed by atoms with Gasteiger partial charge in [0.05, 0.1) is 6.42 Å². The highest BCUT2D eigenvalue weighted by molar-refractivity contribution is 5.93. The van der Waals surface area contributed by atoms with Gasteiger partial charge in [0.2, 0.25) is 11.4 Å². The van der Waals surface area contributed by atoms with Crippen LogP contribution in [0, 0.1) is 0 Å². The first kappa shape index (κ1) is 14.9. The molecule has 3 aromatic carbocycles. The highest BCUT2D eigenvalue weighted by Crippen LogP contribution is 2.29. The van der Waals surface area contributed by atoms with Crippen LogP contribution in [0.2, 0.25) is 0 Å². The van der Waals surface area contributed by atoms with Crippen LogP contribution < -0.4 is 4.58 Å². The van der Waals surface area contributed by atoms with E-state index in [2.05, 4.69) is 89.5 Å². The monoisotopic (exact) mass is 312 g/mol. The molecule has 3 aromatic rings. The van der Waals surface area contributed by atoms with E-state index in [1.165, 1.54) is 34.6 Å². The fraction of sp³-hybridized carbons (Fsp3) is 0.174. The predicted octanol–water partition coefficient (Wildman–Crippen LogP) is 5.54. The molecule has 0 aromatic heterocycles. The molecule has 1 aliphatic rings. The zero-order valence-corrected chi connectivity index (χ0v) is 13.9. The quantitative estimate of drug-likeness (QED) is 0.558. The molecule has 0 saturated carbocycles. The van der Waals surface area contributed by atoms with Gasteiger partial charge in [-0.3, -0.25) is 0 Å². The maximum absolute atomic E-state index is 2.48. The van der Waals surface area contributed by atoms with E-state index < -0.39 is 0 Å². The number of hydrogen-bond acceptors (Lipinski definition) is 0. The number of fused-ring (bicyclic) bond motifs is 1. The Hall–Kier alpha value is -2.67. The summed E-state index contributed by atoms with van der Waals surface area (Å²) in [5.74, 6) is 0. The molecule has 0 atom stereocenters. The van der Waals surface area contributed by atoms with Crippen molar-refractivity contribution >= 4 is 17.1 Å². The Morgan fingerprint density at radius 2 is 1.33 bits per heavy atom. The SMILES string of the molecule is c1ccc(CC2=[N+](c3ccccc3)c3ccccc3CCC2)cc1. The molecule has 0 N–H and O–H groups in total. The zero-order valence-electron chi connectivity index (χ0n) is 13.9. The van der Waals surface area contributed by atoms with E-state index in [4.69, 9.17) is 0 Å². The minimum Gasteiger partial charge on any atom is -0.161 e. The summed E-state index contributed by atoms with van der Waals surface area (Å²) in [6.45, 7) is 0. The number of hydrogen-bond donors (Lipinski definition) is 0. The van der Waals surface area contributed by atoms with Crippen molar-refractivity contribution in [3.63, 3.8) is 0 Å². The molecule has 1 nitrogen and oxygen atoms in total. The lowest BCUT2D eigenvalue weighted by molar-refractivity contribution is 0.869. The average Bonchev–Trinajstić information content (AvgIpc) is 2.82. The molecular weight excluding hydrogens is 290 g/mol. The third-order valence-corrected chi connectivity index (χ3v) is 4.73. The van der Waals surface area contributed by atoms with Gasteiger partial charge in [-0.2, -0.15) is 4.58 Å². The maximum atomic E-state index is 2.48. The van der Waals surface area contributed by atoms with Crippen LogP contribution in [0.1, 0.15) is 24.0 Å². The number of rotatable bonds is 3. The van der Waals surface area contributed by atoms with Crippen LogP contribution >= 0.6 is 0 Å². The molecule has 1 heterocycles. The molecule has 0 unspecified atom stereocenters. The van der Waals surface area contributed by atoms with Gasteiger partial charge in [0.1, 0.15) is 0 Å². The first-order chi connectivity index (χ1) is 11.9. The van der Waals surface area contributed by atoms with Crippen molar-refractivity contribution in [1.29, 1.82) is 0 Å². The Morgan fingerprint density at radius 3 is 2.12 bits per heavy atom. The number of benzene rings is 3. The lowest BCUT2D eigenvalue weighted by Gasteiger charge is -2.09. The van der Waals surface area contributed by atoms with Crippen molar-refractivity contribution in [1.82, 2.24) is 4.58 Å². The summed E-state index contributed by atoms with van der Waals surface area (Å²) in [4.78, 5) is 0. The van der Waals surface area contributed by atoms with E-state index in [1.807, 2.05) is 0 Å². The molecule has 0 amide bonds. The van der Waals surface area contributed by atoms with Gasteiger partial charge in [0, 0.05) is 30.2 Å². The largest absolute Gasteiger partial charge is 0.214 e. The molecule has 0 bridgehead atoms. The van der Waals surface area contributed by atoms with Gasteiger partial charge in [0.15, 0.2) is 5.71 Å². The lowest BCUT2D eigenvalue weighted by atomic mass is 10.0. The van der Waals surface area contributed by atoms with E-state index in [-0.39, 0.29) is 0 Å². The molecule has 0 saturated heterocycles. The van der Waals surface area contributed by atoms with Crippen molar-refractivity contribution in [3.05, 3.63) is 96.1 Å². The number of para-hydroxylation sites is 2. The highest BCUT2D eigenvalue weighted by atomic mass is 15.0. The normalized spacial score (nSPS) is 14.2. The smallest absolute Gasteiger partial charge is 0.161 e. The Labute approximate surface area is 143 Å². The van der Waals surface area contributed by atoms with Crippen molar-refractivity contribution in [3.8, 4) is 0 Å². The summed E-state index contributed by atoms with van der Waals surface area (Å²) in [6.07, 6.45) is 4.50. The lowest BCUT2D eigenvalue weighted by Crippen LogP contribution is -2.18. The second-order valence-corrected chi connectivity index (χ2v) is 6.38. The molecule has 4 rings (SSSR count). The van der Waals surface area contributed by atoms with Crippen molar-refractivity contribution < 1.29 is 0 Å². The standard InChI is InChI=1S/C23H22N/c1-3-10-19(11-4-1)18-22-16-9-13-20-12-7-8-17-23(20)24(22)21-14-5-2-6-15-21/h1-8,10-12,14-15,17H,9,13,16,18H2/q+1. The summed E-state index contributed by atoms with van der Waals surface area (Å²) in [6, 6.07) is 30.4. The van der Waals surface area contributed by atoms with Crippen LogP contribution in [-0.4, -0.2) is 5.71 Å². The Kier molecular flexibility index (Phi) is 4.24. The first-order valence-electron chi connectivity index (χ1n) is 8.73. The highest BCUT2D eigenvalue weighted by Gasteiger charge is 2.26. The average molecular weight is 312 g/mol. The molecule has 1 heteroatoms. The van der Waals surface area contributed by atoms with Gasteiger partial charge in [-0.25, -0.2) is 0 Å². The van der Waals surface area contributed by atoms with Gasteiger partial charge in [-0.15, -0.1) is 0 Å². The van der Waals surface area contributed by atoms with Gasteiger partial charge >= 0.3 is 0 Å². The van der Waals surface area contributed by atoms with Crippen LogP contribution in [0.4, 0.5) is 11.4 Å². The second kappa shape index (κ2) is 6.84. The first-order valence-corrected chi connectivity index (χ1v) is 8.73. The van der Waals surface area contributed by atoms with Crippen LogP contribution in [-0.2, 0) is 12.8 Å². The van der Waals surface area contributed by atoms with Crippen LogP contribution in [0.15, 0.2) is 84.9 Å². The minimum atomic E-state index is 1.00. The van der Waals surface area contributed by atoms with E-state index in [0.717, 1.165) is 19.3 Å². The van der Waals surface area contributed by atoms with E-state index in [0.29, 0.717) is 0 Å². The third-order valence-electron chi connectivity index (χ3n) is 4.73. The summed E-state index contributed by atoms with van der Waals surface area (Å²) >= 11 is 0. The molecule has 0 spiro atoms. The maximum Gasteiger partial charge on any atom is 0.214 e. The number of aryl methyl sites for hydroxylation is 1. The van der Waals surface area contributed by atoms with Crippen molar-refractivity contribution in [2.45, 2.75) is 25.7 Å². The fourth-order valence-corrected chi connectivity index (χ4v) is 3.60. The summed E-state index contributed by atoms with van der Waals surface area (Å²) in [5, 5.41) is 0. The van der Waals surface area contributed by atoms with E-state index in [1.54, 1.807) is 0 Å². The molecule has 0 aliphatic carbocycles. The van der Waals surface area contributed by atoms with Gasteiger partial charge in [-0.05, 0) is 18.4 Å². The Bertz CT molecular complexity index is 847. The summed E-state index contributed by atoms with van der Waals surface area (Å²) < 4.78 is 2.48. The minimum absolute atomic E-state index is 1.00. The molecule has 118 valence electrons. The molecule has 0 fully saturated rings. The third kappa shape index (κ3) is 3.03. The second-order valence-electron chi connectivity index (χ2n) is 6.38. The summed E-state index contributed by atoms with van der Waals surface area (Å²) in [7, 11) is 0.